The predicted molar refractivity (Wildman–Crippen MR) is 128 cm³/mol. The van der Waals surface area contributed by atoms with Crippen LogP contribution in [0.2, 0.25) is 0 Å². The Morgan fingerprint density at radius 2 is 1.77 bits per heavy atom. The van der Waals surface area contributed by atoms with Crippen LogP contribution in [0, 0.1) is 17.6 Å². The van der Waals surface area contributed by atoms with Crippen molar-refractivity contribution in [2.24, 2.45) is 5.92 Å². The molecule has 0 saturated carbocycles. The van der Waals surface area contributed by atoms with Crippen molar-refractivity contribution in [1.29, 1.82) is 0 Å². The number of aromatic nitrogens is 2. The lowest BCUT2D eigenvalue weighted by Crippen LogP contribution is -2.40. The Morgan fingerprint density at radius 1 is 1.09 bits per heavy atom. The fraction of sp³-hybridized carbons (Fsp3) is 0.542. The first-order chi connectivity index (χ1) is 16.7. The van der Waals surface area contributed by atoms with Crippen LogP contribution in [0.3, 0.4) is 0 Å². The number of anilines is 3. The van der Waals surface area contributed by atoms with Crippen molar-refractivity contribution in [3.05, 3.63) is 36.2 Å². The molecule has 1 aliphatic rings. The lowest BCUT2D eigenvalue weighted by Gasteiger charge is -2.30. The van der Waals surface area contributed by atoms with E-state index in [2.05, 4.69) is 34.4 Å². The molecular weight excluding hydrogens is 460 g/mol. The van der Waals surface area contributed by atoms with Crippen LogP contribution in [0.1, 0.15) is 47.0 Å². The van der Waals surface area contributed by atoms with Gasteiger partial charge in [-0.25, -0.2) is 23.5 Å². The van der Waals surface area contributed by atoms with Crippen molar-refractivity contribution < 1.29 is 27.9 Å². The fourth-order valence-corrected chi connectivity index (χ4v) is 3.42. The summed E-state index contributed by atoms with van der Waals surface area (Å²) in [5.41, 5.74) is 0.0773. The third-order valence-electron chi connectivity index (χ3n) is 5.22. The van der Waals surface area contributed by atoms with Gasteiger partial charge in [0, 0.05) is 50.7 Å². The molecule has 0 atom stereocenters. The normalized spacial score (nSPS) is 14.7. The molecule has 0 unspecified atom stereocenters. The summed E-state index contributed by atoms with van der Waals surface area (Å²) in [6.45, 7) is 9.15. The van der Waals surface area contributed by atoms with Crippen LogP contribution in [0.15, 0.2) is 24.5 Å². The second-order valence-corrected chi connectivity index (χ2v) is 9.04. The number of carbonyl (C=O) groups is 1. The summed E-state index contributed by atoms with van der Waals surface area (Å²) in [5, 5.41) is 7.25. The van der Waals surface area contributed by atoms with E-state index in [0.717, 1.165) is 18.6 Å². The third-order valence-corrected chi connectivity index (χ3v) is 5.22. The predicted octanol–water partition coefficient (Wildman–Crippen LogP) is 5.28. The van der Waals surface area contributed by atoms with Gasteiger partial charge in [0.25, 0.3) is 0 Å². The van der Waals surface area contributed by atoms with E-state index < -0.39 is 17.8 Å². The van der Waals surface area contributed by atoms with E-state index in [1.807, 2.05) is 0 Å². The summed E-state index contributed by atoms with van der Waals surface area (Å²) in [7, 11) is 0. The van der Waals surface area contributed by atoms with E-state index in [9.17, 15) is 13.6 Å². The van der Waals surface area contributed by atoms with Gasteiger partial charge in [-0.05, 0) is 26.2 Å². The summed E-state index contributed by atoms with van der Waals surface area (Å²) in [6.07, 6.45) is 2.21. The van der Waals surface area contributed by atoms with Crippen molar-refractivity contribution in [1.82, 2.24) is 15.0 Å². The summed E-state index contributed by atoms with van der Waals surface area (Å²) in [4.78, 5) is 25.0. The summed E-state index contributed by atoms with van der Waals surface area (Å²) in [6, 6.07) is 3.74. The van der Waals surface area contributed by atoms with Gasteiger partial charge in [0.15, 0.2) is 0 Å². The van der Waals surface area contributed by atoms with E-state index in [1.54, 1.807) is 13.8 Å². The van der Waals surface area contributed by atoms with Gasteiger partial charge in [0.05, 0.1) is 17.5 Å². The maximum absolute atomic E-state index is 14.6. The number of ether oxygens (including phenoxy) is 2. The van der Waals surface area contributed by atoms with E-state index >= 15 is 0 Å². The minimum Gasteiger partial charge on any atom is -0.474 e. The van der Waals surface area contributed by atoms with Gasteiger partial charge in [-0.3, -0.25) is 0 Å². The number of hydrogen-bond donors (Lipinski definition) is 2. The van der Waals surface area contributed by atoms with E-state index in [4.69, 9.17) is 14.3 Å². The Kier molecular flexibility index (Phi) is 9.41. The fourth-order valence-electron chi connectivity index (χ4n) is 3.42. The average Bonchev–Trinajstić information content (AvgIpc) is 2.78. The van der Waals surface area contributed by atoms with E-state index in [1.165, 1.54) is 17.5 Å². The van der Waals surface area contributed by atoms with E-state index in [0.29, 0.717) is 44.3 Å². The maximum Gasteiger partial charge on any atom is 0.528 e. The summed E-state index contributed by atoms with van der Waals surface area (Å²) < 4.78 is 39.9. The number of piperidine rings is 1. The monoisotopic (exact) mass is 493 g/mol. The molecule has 1 saturated heterocycles. The Bertz CT molecular complexity index is 984. The van der Waals surface area contributed by atoms with Crippen molar-refractivity contribution >= 4 is 23.3 Å². The van der Waals surface area contributed by atoms with Gasteiger partial charge in [0.1, 0.15) is 29.9 Å². The Balaban J connectivity index is 1.53. The zero-order chi connectivity index (χ0) is 25.4. The molecule has 0 aliphatic carbocycles. The van der Waals surface area contributed by atoms with Crippen molar-refractivity contribution in [2.75, 3.05) is 30.3 Å². The van der Waals surface area contributed by atoms with Crippen molar-refractivity contribution in [3.63, 3.8) is 0 Å². The number of halogens is 2. The molecule has 1 fully saturated rings. The number of carbonyl (C=O) groups excluding carboxylic acids is 1. The molecule has 192 valence electrons. The highest BCUT2D eigenvalue weighted by Gasteiger charge is 2.24. The molecule has 11 heteroatoms. The van der Waals surface area contributed by atoms with Gasteiger partial charge >= 0.3 is 6.16 Å². The Labute approximate surface area is 204 Å². The Hall–Kier alpha value is -3.21. The molecule has 9 nitrogen and oxygen atoms in total. The number of benzene rings is 1. The molecule has 2 heterocycles. The van der Waals surface area contributed by atoms with Crippen LogP contribution in [-0.2, 0) is 9.57 Å². The molecule has 2 aromatic rings. The van der Waals surface area contributed by atoms with Crippen LogP contribution in [0.25, 0.3) is 0 Å². The highest BCUT2D eigenvalue weighted by Crippen LogP contribution is 2.27. The van der Waals surface area contributed by atoms with Gasteiger partial charge < -0.3 is 24.9 Å². The first kappa shape index (κ1) is 26.4. The second-order valence-electron chi connectivity index (χ2n) is 9.04. The molecule has 1 aliphatic heterocycles. The lowest BCUT2D eigenvalue weighted by molar-refractivity contribution is -0.151. The Morgan fingerprint density at radius 3 is 2.46 bits per heavy atom. The number of hydroxylamine groups is 2. The van der Waals surface area contributed by atoms with Crippen LogP contribution in [0.5, 0.6) is 5.88 Å². The van der Waals surface area contributed by atoms with Crippen molar-refractivity contribution in [3.8, 4) is 5.88 Å². The molecular formula is C24H33F2N5O4. The number of rotatable bonds is 10. The van der Waals surface area contributed by atoms with Gasteiger partial charge in [-0.2, -0.15) is 0 Å². The largest absolute Gasteiger partial charge is 0.528 e. The van der Waals surface area contributed by atoms with Gasteiger partial charge in [-0.1, -0.05) is 13.8 Å². The molecule has 0 spiro atoms. The zero-order valence-electron chi connectivity index (χ0n) is 20.5. The first-order valence-corrected chi connectivity index (χ1v) is 11.8. The highest BCUT2D eigenvalue weighted by atomic mass is 19.1. The minimum atomic E-state index is -0.728. The molecule has 0 radical (unpaired) electrons. The van der Waals surface area contributed by atoms with Gasteiger partial charge in [0.2, 0.25) is 5.88 Å². The maximum atomic E-state index is 14.6. The molecule has 0 amide bonds. The minimum absolute atomic E-state index is 0.0414. The average molecular weight is 494 g/mol. The van der Waals surface area contributed by atoms with Gasteiger partial charge in [-0.15, -0.1) is 5.06 Å². The standard InChI is InChI=1S/C24H33F2N5O4/c1-15(2)5-8-27-20-11-19(26)21(12-18(20)25)30-22-13-23(29-14-28-22)34-17-6-9-31(10-7-17)35-24(32)33-16(3)4/h11-17,27H,5-10H2,1-4H3,(H,28,29,30). The summed E-state index contributed by atoms with van der Waals surface area (Å²) >= 11 is 0. The zero-order valence-corrected chi connectivity index (χ0v) is 20.5. The number of nitrogens with one attached hydrogen (secondary N) is 2. The molecule has 1 aromatic heterocycles. The third kappa shape index (κ3) is 8.50. The van der Waals surface area contributed by atoms with Crippen molar-refractivity contribution in [2.45, 2.75) is 59.2 Å². The smallest absolute Gasteiger partial charge is 0.474 e. The molecule has 0 bridgehead atoms. The number of hydrogen-bond acceptors (Lipinski definition) is 9. The van der Waals surface area contributed by atoms with Crippen LogP contribution < -0.4 is 15.4 Å². The molecule has 1 aromatic carbocycles. The molecule has 2 N–H and O–H groups in total. The van der Waals surface area contributed by atoms with Crippen LogP contribution in [0.4, 0.5) is 30.8 Å². The molecule has 35 heavy (non-hydrogen) atoms. The quantitative estimate of drug-likeness (QED) is 0.429. The topological polar surface area (TPSA) is 97.8 Å². The van der Waals surface area contributed by atoms with Crippen LogP contribution >= 0.6 is 0 Å². The summed E-state index contributed by atoms with van der Waals surface area (Å²) in [5.74, 6) is -0.141. The lowest BCUT2D eigenvalue weighted by atomic mass is 10.1. The second kappa shape index (κ2) is 12.5. The van der Waals surface area contributed by atoms with Crippen LogP contribution in [-0.4, -0.2) is 53.0 Å². The SMILES string of the molecule is CC(C)CCNc1cc(F)c(Nc2cc(OC3CCN(OC(=O)OC(C)C)CC3)ncn2)cc1F. The first-order valence-electron chi connectivity index (χ1n) is 11.8. The molecule has 3 rings (SSSR count). The highest BCUT2D eigenvalue weighted by molar-refractivity contribution is 5.62. The van der Waals surface area contributed by atoms with E-state index in [-0.39, 0.29) is 29.4 Å². The number of nitrogens with zero attached hydrogens (tertiary/aromatic N) is 3.